The third kappa shape index (κ3) is 6.71. The minimum Gasteiger partial charge on any atom is -0.392 e. The standard InChI is InChI=1S/C40H52N6O3/c1-8-12-27-21-40(5,6)22-33(27)31-15-16-45(38(48)26(31)4)36-14-11-13-32(34(36)25-47)28-19-35(39(49)43(7)23-28)41-37-20-30-24-44(29(9-2)10-3)17-18-46(30)42-37/h8,11-14,19-20,23,29,47H,9-10,15-18,21-22,24-25H2,1-7H3,(H,41,42)/b12-8+. The number of allylic oxidation sites excluding steroid dienone is 4. The van der Waals surface area contributed by atoms with Crippen LogP contribution in [0, 0.1) is 5.41 Å². The van der Waals surface area contributed by atoms with E-state index in [1.807, 2.05) is 53.8 Å². The van der Waals surface area contributed by atoms with Gasteiger partial charge in [-0.3, -0.25) is 19.2 Å². The van der Waals surface area contributed by atoms with Gasteiger partial charge in [0.05, 0.1) is 24.5 Å². The van der Waals surface area contributed by atoms with Crippen LogP contribution >= 0.6 is 0 Å². The predicted molar refractivity (Wildman–Crippen MR) is 198 cm³/mol. The number of nitrogens with zero attached hydrogens (tertiary/aromatic N) is 5. The van der Waals surface area contributed by atoms with Gasteiger partial charge >= 0.3 is 0 Å². The number of fused-ring (bicyclic) bond motifs is 1. The molecule has 9 nitrogen and oxygen atoms in total. The van der Waals surface area contributed by atoms with E-state index in [-0.39, 0.29) is 23.5 Å². The molecule has 2 N–H and O–H groups in total. The number of hydrogen-bond acceptors (Lipinski definition) is 6. The number of anilines is 3. The van der Waals surface area contributed by atoms with Crippen molar-refractivity contribution in [1.29, 1.82) is 0 Å². The highest BCUT2D eigenvalue weighted by atomic mass is 16.3. The van der Waals surface area contributed by atoms with E-state index in [4.69, 9.17) is 5.10 Å². The van der Waals surface area contributed by atoms with Crippen molar-refractivity contribution in [2.45, 2.75) is 99.4 Å². The summed E-state index contributed by atoms with van der Waals surface area (Å²) in [7, 11) is 1.73. The molecule has 0 saturated carbocycles. The van der Waals surface area contributed by atoms with Crippen molar-refractivity contribution in [3.05, 3.63) is 92.6 Å². The van der Waals surface area contributed by atoms with Crippen LogP contribution in [0.15, 0.2) is 75.8 Å². The van der Waals surface area contributed by atoms with Crippen molar-refractivity contribution in [3.63, 3.8) is 0 Å². The van der Waals surface area contributed by atoms with Crippen LogP contribution in [0.2, 0.25) is 0 Å². The summed E-state index contributed by atoms with van der Waals surface area (Å²) in [5, 5.41) is 18.9. The van der Waals surface area contributed by atoms with Crippen LogP contribution in [0.4, 0.5) is 17.2 Å². The molecule has 6 rings (SSSR count). The molecule has 260 valence electrons. The van der Waals surface area contributed by atoms with Crippen LogP contribution in [-0.4, -0.2) is 49.4 Å². The number of aliphatic hydroxyl groups is 1. The maximum Gasteiger partial charge on any atom is 0.274 e. The van der Waals surface area contributed by atoms with E-state index in [2.05, 4.69) is 50.1 Å². The second-order valence-electron chi connectivity index (χ2n) is 14.7. The highest BCUT2D eigenvalue weighted by Crippen LogP contribution is 2.47. The van der Waals surface area contributed by atoms with Gasteiger partial charge in [-0.15, -0.1) is 0 Å². The molecule has 49 heavy (non-hydrogen) atoms. The molecule has 0 radical (unpaired) electrons. The maximum atomic E-state index is 14.0. The van der Waals surface area contributed by atoms with Crippen molar-refractivity contribution in [2.24, 2.45) is 12.5 Å². The Morgan fingerprint density at radius 3 is 2.55 bits per heavy atom. The first kappa shape index (κ1) is 34.6. The molecule has 2 aliphatic heterocycles. The fraction of sp³-hybridized carbons (Fsp3) is 0.475. The Bertz CT molecular complexity index is 1900. The summed E-state index contributed by atoms with van der Waals surface area (Å²) in [5.74, 6) is 0.613. The molecule has 0 unspecified atom stereocenters. The number of hydrogen-bond donors (Lipinski definition) is 2. The Morgan fingerprint density at radius 2 is 1.84 bits per heavy atom. The van der Waals surface area contributed by atoms with Crippen LogP contribution < -0.4 is 15.8 Å². The largest absolute Gasteiger partial charge is 0.392 e. The SMILES string of the molecule is C/C=C/C1=C(C2=C(C)C(=O)N(c3cccc(-c4cc(Nc5cc6n(n5)CCN(C(CC)CC)C6)c(=O)n(C)c4)c3CO)CC2)CC(C)(C)C1. The number of aryl methyl sites for hydroxylation is 1. The van der Waals surface area contributed by atoms with Crippen LogP contribution in [0.5, 0.6) is 0 Å². The monoisotopic (exact) mass is 664 g/mol. The number of aromatic nitrogens is 3. The minimum absolute atomic E-state index is 0.0283. The zero-order valence-electron chi connectivity index (χ0n) is 30.3. The lowest BCUT2D eigenvalue weighted by Crippen LogP contribution is -2.40. The summed E-state index contributed by atoms with van der Waals surface area (Å²) >= 11 is 0. The first-order chi connectivity index (χ1) is 23.5. The highest BCUT2D eigenvalue weighted by Gasteiger charge is 2.35. The summed E-state index contributed by atoms with van der Waals surface area (Å²) < 4.78 is 3.59. The van der Waals surface area contributed by atoms with Crippen molar-refractivity contribution < 1.29 is 9.90 Å². The van der Waals surface area contributed by atoms with Gasteiger partial charge in [0.15, 0.2) is 5.82 Å². The molecule has 0 bridgehead atoms. The third-order valence-corrected chi connectivity index (χ3v) is 10.7. The Labute approximate surface area is 290 Å². The van der Waals surface area contributed by atoms with E-state index in [9.17, 15) is 14.7 Å². The van der Waals surface area contributed by atoms with E-state index in [0.29, 0.717) is 35.3 Å². The average molecular weight is 665 g/mol. The number of carbonyl (C=O) groups excluding carboxylic acids is 1. The Kier molecular flexibility index (Phi) is 9.87. The summed E-state index contributed by atoms with van der Waals surface area (Å²) in [4.78, 5) is 31.7. The number of nitrogens with one attached hydrogen (secondary N) is 1. The zero-order valence-corrected chi connectivity index (χ0v) is 30.3. The van der Waals surface area contributed by atoms with Gasteiger partial charge in [-0.1, -0.05) is 52.0 Å². The van der Waals surface area contributed by atoms with Gasteiger partial charge in [0.2, 0.25) is 0 Å². The lowest BCUT2D eigenvalue weighted by atomic mass is 9.85. The van der Waals surface area contributed by atoms with Crippen LogP contribution in [0.1, 0.15) is 84.9 Å². The topological polar surface area (TPSA) is 95.6 Å². The van der Waals surface area contributed by atoms with Gasteiger partial charge in [0.1, 0.15) is 5.69 Å². The lowest BCUT2D eigenvalue weighted by Gasteiger charge is -2.33. The van der Waals surface area contributed by atoms with Gasteiger partial charge < -0.3 is 19.9 Å². The summed E-state index contributed by atoms with van der Waals surface area (Å²) in [6.45, 7) is 16.0. The van der Waals surface area contributed by atoms with Crippen LogP contribution in [0.25, 0.3) is 11.1 Å². The molecule has 1 aliphatic carbocycles. The molecule has 4 heterocycles. The van der Waals surface area contributed by atoms with Crippen molar-refractivity contribution in [2.75, 3.05) is 23.3 Å². The van der Waals surface area contributed by atoms with Gasteiger partial charge in [0.25, 0.3) is 11.5 Å². The molecule has 0 atom stereocenters. The Morgan fingerprint density at radius 1 is 1.06 bits per heavy atom. The Balaban J connectivity index is 1.30. The van der Waals surface area contributed by atoms with Crippen LogP contribution in [0.3, 0.4) is 0 Å². The number of aliphatic hydroxyl groups excluding tert-OH is 1. The molecule has 0 fully saturated rings. The zero-order chi connectivity index (χ0) is 35.0. The molecule has 2 aromatic heterocycles. The molecular weight excluding hydrogens is 612 g/mol. The number of benzene rings is 1. The molecule has 1 amide bonds. The van der Waals surface area contributed by atoms with Crippen molar-refractivity contribution >= 4 is 23.1 Å². The molecule has 3 aromatic rings. The van der Waals surface area contributed by atoms with Crippen LogP contribution in [-0.2, 0) is 31.5 Å². The molecule has 1 aromatic carbocycles. The fourth-order valence-corrected chi connectivity index (χ4v) is 8.20. The molecule has 9 heteroatoms. The minimum atomic E-state index is -0.248. The Hall–Kier alpha value is -4.21. The smallest absolute Gasteiger partial charge is 0.274 e. The van der Waals surface area contributed by atoms with Crippen molar-refractivity contribution in [3.8, 4) is 11.1 Å². The lowest BCUT2D eigenvalue weighted by molar-refractivity contribution is -0.115. The molecule has 0 saturated heterocycles. The summed E-state index contributed by atoms with van der Waals surface area (Å²) in [6, 6.07) is 10.2. The van der Waals surface area contributed by atoms with Gasteiger partial charge in [-0.25, -0.2) is 0 Å². The van der Waals surface area contributed by atoms with Gasteiger partial charge in [-0.05, 0) is 85.8 Å². The second kappa shape index (κ2) is 14.0. The van der Waals surface area contributed by atoms with E-state index in [1.54, 1.807) is 17.8 Å². The number of rotatable bonds is 10. The number of amides is 1. The first-order valence-corrected chi connectivity index (χ1v) is 17.9. The number of carbonyl (C=O) groups is 1. The fourth-order valence-electron chi connectivity index (χ4n) is 8.20. The normalized spacial score (nSPS) is 18.4. The van der Waals surface area contributed by atoms with Gasteiger partial charge in [-0.2, -0.15) is 5.10 Å². The van der Waals surface area contributed by atoms with E-state index < -0.39 is 0 Å². The number of pyridine rings is 1. The van der Waals surface area contributed by atoms with Crippen molar-refractivity contribution in [1.82, 2.24) is 19.2 Å². The summed E-state index contributed by atoms with van der Waals surface area (Å²) in [6.07, 6.45) is 11.1. The highest BCUT2D eigenvalue weighted by molar-refractivity contribution is 6.08. The van der Waals surface area contributed by atoms with E-state index in [0.717, 1.165) is 74.1 Å². The summed E-state index contributed by atoms with van der Waals surface area (Å²) in [5.41, 5.74) is 9.03. The quantitative estimate of drug-likeness (QED) is 0.237. The second-order valence-corrected chi connectivity index (χ2v) is 14.7. The first-order valence-electron chi connectivity index (χ1n) is 17.9. The molecule has 0 spiro atoms. The third-order valence-electron chi connectivity index (χ3n) is 10.7. The predicted octanol–water partition coefficient (Wildman–Crippen LogP) is 7.23. The van der Waals surface area contributed by atoms with E-state index >= 15 is 0 Å². The van der Waals surface area contributed by atoms with E-state index in [1.165, 1.54) is 16.7 Å². The van der Waals surface area contributed by atoms with Gasteiger partial charge in [0, 0.05) is 61.7 Å². The maximum absolute atomic E-state index is 14.0. The average Bonchev–Trinajstić information content (AvgIpc) is 3.62. The molecule has 3 aliphatic rings. The molecular formula is C40H52N6O3.